The van der Waals surface area contributed by atoms with Gasteiger partial charge in [-0.2, -0.15) is 0 Å². The van der Waals surface area contributed by atoms with Crippen LogP contribution in [0.3, 0.4) is 0 Å². The van der Waals surface area contributed by atoms with E-state index in [0.717, 1.165) is 55.5 Å². The summed E-state index contributed by atoms with van der Waals surface area (Å²) >= 11 is 0. The van der Waals surface area contributed by atoms with Crippen molar-refractivity contribution in [3.05, 3.63) is 59.8 Å². The van der Waals surface area contributed by atoms with Gasteiger partial charge in [0.05, 0.1) is 7.11 Å². The van der Waals surface area contributed by atoms with Crippen LogP contribution in [0.5, 0.6) is 5.75 Å². The Labute approximate surface area is 225 Å². The average molecular weight is 514 g/mol. The fourth-order valence-corrected chi connectivity index (χ4v) is 7.27. The number of ether oxygens (including phenoxy) is 1. The highest BCUT2D eigenvalue weighted by Crippen LogP contribution is 2.67. The Balaban J connectivity index is 1.25. The van der Waals surface area contributed by atoms with Crippen molar-refractivity contribution in [1.82, 2.24) is 9.88 Å². The fraction of sp³-hybridized carbons (Fsp3) is 0.500. The van der Waals surface area contributed by atoms with Crippen molar-refractivity contribution in [1.29, 1.82) is 0 Å². The van der Waals surface area contributed by atoms with Crippen LogP contribution in [-0.4, -0.2) is 40.4 Å². The van der Waals surface area contributed by atoms with Crippen LogP contribution in [0.25, 0.3) is 10.9 Å². The molecule has 0 radical (unpaired) electrons. The molecular formula is C32H39N3O3. The molecule has 6 rings (SSSR count). The van der Waals surface area contributed by atoms with Crippen molar-refractivity contribution in [2.45, 2.75) is 83.2 Å². The Bertz CT molecular complexity index is 1360. The smallest absolute Gasteiger partial charge is 0.250 e. The molecule has 2 aromatic carbocycles. The lowest BCUT2D eigenvalue weighted by Crippen LogP contribution is -2.58. The van der Waals surface area contributed by atoms with Gasteiger partial charge < -0.3 is 19.9 Å². The van der Waals surface area contributed by atoms with Crippen molar-refractivity contribution >= 4 is 28.4 Å². The number of fused-ring (bicyclic) bond motifs is 1. The van der Waals surface area contributed by atoms with Crippen LogP contribution < -0.4 is 10.1 Å². The summed E-state index contributed by atoms with van der Waals surface area (Å²) in [5.41, 5.74) is 3.73. The lowest BCUT2D eigenvalue weighted by atomic mass is 9.91. The van der Waals surface area contributed by atoms with Gasteiger partial charge in [0.1, 0.15) is 11.3 Å². The highest BCUT2D eigenvalue weighted by atomic mass is 16.5. The topological polar surface area (TPSA) is 74.4 Å². The molecule has 2 unspecified atom stereocenters. The highest BCUT2D eigenvalue weighted by Gasteiger charge is 2.61. The lowest BCUT2D eigenvalue weighted by Gasteiger charge is -2.40. The Hall–Kier alpha value is -3.28. The van der Waals surface area contributed by atoms with Crippen molar-refractivity contribution in [2.24, 2.45) is 11.3 Å². The molecule has 0 bridgehead atoms. The number of carbonyl (C=O) groups excluding carboxylic acids is 2. The zero-order valence-corrected chi connectivity index (χ0v) is 23.0. The quantitative estimate of drug-likeness (QED) is 0.358. The van der Waals surface area contributed by atoms with Gasteiger partial charge in [-0.05, 0) is 85.8 Å². The number of amides is 2. The molecule has 2 amide bonds. The molecule has 0 spiro atoms. The van der Waals surface area contributed by atoms with E-state index in [-0.39, 0.29) is 29.2 Å². The van der Waals surface area contributed by atoms with Gasteiger partial charge >= 0.3 is 0 Å². The zero-order valence-electron chi connectivity index (χ0n) is 23.0. The molecule has 200 valence electrons. The Morgan fingerprint density at radius 3 is 2.39 bits per heavy atom. The molecule has 3 fully saturated rings. The second-order valence-corrected chi connectivity index (χ2v) is 12.2. The maximum absolute atomic E-state index is 14.2. The molecule has 6 heteroatoms. The molecule has 2 N–H and O–H groups in total. The SMILES string of the molecule is COc1ccc(NC(=O)C2(N(C(=O)CC3C(c4c(C)[nH]c5ccccc45)C3(C)C)C3CC3)CCCC2)cc1. The first-order valence-electron chi connectivity index (χ1n) is 14.1. The number of aromatic amines is 1. The Morgan fingerprint density at radius 2 is 1.74 bits per heavy atom. The van der Waals surface area contributed by atoms with Crippen LogP contribution in [0.1, 0.15) is 76.0 Å². The number of H-pyrrole nitrogens is 1. The van der Waals surface area contributed by atoms with Crippen molar-refractivity contribution in [3.63, 3.8) is 0 Å². The van der Waals surface area contributed by atoms with Crippen molar-refractivity contribution in [2.75, 3.05) is 12.4 Å². The number of para-hydroxylation sites is 1. The Morgan fingerprint density at radius 1 is 1.05 bits per heavy atom. The molecule has 3 aliphatic rings. The van der Waals surface area contributed by atoms with E-state index >= 15 is 0 Å². The third-order valence-corrected chi connectivity index (χ3v) is 9.54. The first-order valence-corrected chi connectivity index (χ1v) is 14.1. The molecule has 3 aromatic rings. The van der Waals surface area contributed by atoms with E-state index in [1.165, 1.54) is 16.6 Å². The van der Waals surface area contributed by atoms with Crippen LogP contribution in [0.15, 0.2) is 48.5 Å². The summed E-state index contributed by atoms with van der Waals surface area (Å²) < 4.78 is 5.26. The minimum absolute atomic E-state index is 0.0365. The number of benzene rings is 2. The van der Waals surface area contributed by atoms with E-state index < -0.39 is 5.54 Å². The molecule has 2 atom stereocenters. The molecule has 0 aliphatic heterocycles. The maximum Gasteiger partial charge on any atom is 0.250 e. The van der Waals surface area contributed by atoms with Gasteiger partial charge in [0.2, 0.25) is 11.8 Å². The number of aromatic nitrogens is 1. The second kappa shape index (κ2) is 9.18. The van der Waals surface area contributed by atoms with E-state index in [1.807, 2.05) is 29.2 Å². The van der Waals surface area contributed by atoms with Crippen LogP contribution in [0.4, 0.5) is 5.69 Å². The number of nitrogens with one attached hydrogen (secondary N) is 2. The Kier molecular flexibility index (Phi) is 6.04. The number of hydrogen-bond acceptors (Lipinski definition) is 3. The number of aryl methyl sites for hydroxylation is 1. The first kappa shape index (κ1) is 25.0. The minimum Gasteiger partial charge on any atom is -0.497 e. The number of methoxy groups -OCH3 is 1. The third-order valence-electron chi connectivity index (χ3n) is 9.54. The molecule has 0 saturated heterocycles. The average Bonchev–Trinajstić information content (AvgIpc) is 3.68. The lowest BCUT2D eigenvalue weighted by molar-refractivity contribution is -0.146. The van der Waals surface area contributed by atoms with E-state index in [1.54, 1.807) is 7.11 Å². The maximum atomic E-state index is 14.2. The molecular weight excluding hydrogens is 474 g/mol. The van der Waals surface area contributed by atoms with Crippen molar-refractivity contribution in [3.8, 4) is 5.75 Å². The predicted octanol–water partition coefficient (Wildman–Crippen LogP) is 6.56. The fourth-order valence-electron chi connectivity index (χ4n) is 7.27. The summed E-state index contributed by atoms with van der Waals surface area (Å²) in [5, 5.41) is 4.41. The molecule has 3 saturated carbocycles. The van der Waals surface area contributed by atoms with Gasteiger partial charge in [0.25, 0.3) is 0 Å². The largest absolute Gasteiger partial charge is 0.497 e. The van der Waals surface area contributed by atoms with E-state index in [9.17, 15) is 9.59 Å². The minimum atomic E-state index is -0.761. The van der Waals surface area contributed by atoms with Gasteiger partial charge in [0, 0.05) is 34.7 Å². The number of hydrogen-bond donors (Lipinski definition) is 2. The number of nitrogens with zero attached hydrogens (tertiary/aromatic N) is 1. The number of carbonyl (C=O) groups is 2. The van der Waals surface area contributed by atoms with Crippen LogP contribution in [0.2, 0.25) is 0 Å². The second-order valence-electron chi connectivity index (χ2n) is 12.2. The van der Waals surface area contributed by atoms with Gasteiger partial charge in [-0.3, -0.25) is 9.59 Å². The normalized spacial score (nSPS) is 23.3. The number of anilines is 1. The van der Waals surface area contributed by atoms with Gasteiger partial charge in [0.15, 0.2) is 0 Å². The summed E-state index contributed by atoms with van der Waals surface area (Å²) in [6.45, 7) is 6.73. The summed E-state index contributed by atoms with van der Waals surface area (Å²) in [7, 11) is 1.63. The van der Waals surface area contributed by atoms with Crippen LogP contribution in [0, 0.1) is 18.3 Å². The van der Waals surface area contributed by atoms with Gasteiger partial charge in [-0.1, -0.05) is 44.9 Å². The summed E-state index contributed by atoms with van der Waals surface area (Å²) in [4.78, 5) is 33.7. The summed E-state index contributed by atoms with van der Waals surface area (Å²) in [5.74, 6) is 1.45. The highest BCUT2D eigenvalue weighted by molar-refractivity contribution is 6.01. The molecule has 3 aliphatic carbocycles. The van der Waals surface area contributed by atoms with Gasteiger partial charge in [-0.15, -0.1) is 0 Å². The van der Waals surface area contributed by atoms with Gasteiger partial charge in [-0.25, -0.2) is 0 Å². The third kappa shape index (κ3) is 4.09. The molecule has 38 heavy (non-hydrogen) atoms. The van der Waals surface area contributed by atoms with Crippen LogP contribution in [-0.2, 0) is 9.59 Å². The van der Waals surface area contributed by atoms with E-state index in [4.69, 9.17) is 4.74 Å². The zero-order chi connectivity index (χ0) is 26.7. The molecule has 1 heterocycles. The van der Waals surface area contributed by atoms with E-state index in [0.29, 0.717) is 12.3 Å². The monoisotopic (exact) mass is 513 g/mol. The predicted molar refractivity (Wildman–Crippen MR) is 150 cm³/mol. The summed E-state index contributed by atoms with van der Waals surface area (Å²) in [6.07, 6.45) is 5.87. The molecule has 1 aromatic heterocycles. The van der Waals surface area contributed by atoms with Crippen LogP contribution >= 0.6 is 0 Å². The number of rotatable bonds is 8. The molecule has 6 nitrogen and oxygen atoms in total. The van der Waals surface area contributed by atoms with E-state index in [2.05, 4.69) is 55.3 Å². The standard InChI is InChI=1S/C32H39N3O3/c1-20-28(24-9-5-6-10-26(24)33-20)29-25(31(29,2)3)19-27(36)35(22-13-14-22)32(17-7-8-18-32)30(37)34-21-11-15-23(38-4)16-12-21/h5-6,9-12,15-16,22,25,29,33H,7-8,13-14,17-19H2,1-4H3,(H,34,37). The first-order chi connectivity index (χ1) is 18.3. The summed E-state index contributed by atoms with van der Waals surface area (Å²) in [6, 6.07) is 16.1. The van der Waals surface area contributed by atoms with Crippen molar-refractivity contribution < 1.29 is 14.3 Å².